The minimum atomic E-state index is -0.191. The van der Waals surface area contributed by atoms with Crippen LogP contribution in [0.2, 0.25) is 0 Å². The molecule has 20 heavy (non-hydrogen) atoms. The Morgan fingerprint density at radius 1 is 1.40 bits per heavy atom. The van der Waals surface area contributed by atoms with E-state index in [2.05, 4.69) is 11.2 Å². The number of nitrogens with zero attached hydrogens (tertiary/aromatic N) is 3. The summed E-state index contributed by atoms with van der Waals surface area (Å²) in [6.45, 7) is 8.11. The number of hydrogen-bond acceptors (Lipinski definition) is 3. The van der Waals surface area contributed by atoms with Crippen LogP contribution in [0.1, 0.15) is 45.4 Å². The number of aromatic amines is 1. The standard InChI is InChI=1S/C15H20N4O/c1-11(10-17)7-9-19-14(20)12(6-5-8-16)13(18-19)15(2,3)4/h7,18H,5-6,9H2,1-4H3/b11-7+. The van der Waals surface area contributed by atoms with Gasteiger partial charge in [0.2, 0.25) is 0 Å². The third-order valence-corrected chi connectivity index (χ3v) is 3.05. The van der Waals surface area contributed by atoms with Crippen molar-refractivity contribution in [2.75, 3.05) is 0 Å². The summed E-state index contributed by atoms with van der Waals surface area (Å²) in [6, 6.07) is 4.10. The number of H-pyrrole nitrogens is 1. The molecule has 5 nitrogen and oxygen atoms in total. The lowest BCUT2D eigenvalue weighted by Crippen LogP contribution is -2.19. The second kappa shape index (κ2) is 6.25. The maximum absolute atomic E-state index is 12.4. The highest BCUT2D eigenvalue weighted by Crippen LogP contribution is 2.23. The van der Waals surface area contributed by atoms with Gasteiger partial charge in [-0.25, -0.2) is 4.68 Å². The number of hydrogen-bond donors (Lipinski definition) is 1. The fourth-order valence-corrected chi connectivity index (χ4v) is 1.96. The Hall–Kier alpha value is -2.27. The van der Waals surface area contributed by atoms with Gasteiger partial charge in [0.15, 0.2) is 0 Å². The number of allylic oxidation sites excluding steroid dienone is 2. The number of nitriles is 2. The van der Waals surface area contributed by atoms with Gasteiger partial charge in [-0.15, -0.1) is 0 Å². The van der Waals surface area contributed by atoms with Gasteiger partial charge in [0.25, 0.3) is 5.56 Å². The summed E-state index contributed by atoms with van der Waals surface area (Å²) in [6.07, 6.45) is 2.48. The summed E-state index contributed by atoms with van der Waals surface area (Å²) in [5, 5.41) is 20.6. The van der Waals surface area contributed by atoms with Gasteiger partial charge in [-0.1, -0.05) is 20.8 Å². The Morgan fingerprint density at radius 3 is 2.55 bits per heavy atom. The highest BCUT2D eigenvalue weighted by molar-refractivity contribution is 5.25. The van der Waals surface area contributed by atoms with Gasteiger partial charge >= 0.3 is 0 Å². The fourth-order valence-electron chi connectivity index (χ4n) is 1.96. The van der Waals surface area contributed by atoms with E-state index in [9.17, 15) is 4.79 Å². The number of nitrogens with one attached hydrogen (secondary N) is 1. The number of aromatic nitrogens is 2. The summed E-state index contributed by atoms with van der Waals surface area (Å²) < 4.78 is 1.49. The molecule has 0 atom stereocenters. The maximum atomic E-state index is 12.4. The van der Waals surface area contributed by atoms with E-state index in [0.29, 0.717) is 30.5 Å². The van der Waals surface area contributed by atoms with E-state index < -0.39 is 0 Å². The van der Waals surface area contributed by atoms with E-state index in [4.69, 9.17) is 10.5 Å². The lowest BCUT2D eigenvalue weighted by molar-refractivity contribution is 0.541. The molecular weight excluding hydrogens is 252 g/mol. The van der Waals surface area contributed by atoms with Gasteiger partial charge in [-0.2, -0.15) is 10.5 Å². The molecular formula is C15H20N4O. The zero-order chi connectivity index (χ0) is 15.3. The van der Waals surface area contributed by atoms with Crippen molar-refractivity contribution in [1.82, 2.24) is 9.78 Å². The first-order chi connectivity index (χ1) is 9.31. The van der Waals surface area contributed by atoms with Crippen LogP contribution < -0.4 is 5.56 Å². The predicted molar refractivity (Wildman–Crippen MR) is 77.1 cm³/mol. The predicted octanol–water partition coefficient (Wildman–Crippen LogP) is 2.40. The zero-order valence-electron chi connectivity index (χ0n) is 12.4. The first-order valence-electron chi connectivity index (χ1n) is 6.57. The highest BCUT2D eigenvalue weighted by Gasteiger charge is 2.23. The zero-order valence-corrected chi connectivity index (χ0v) is 12.4. The Kier molecular flexibility index (Phi) is 4.94. The first kappa shape index (κ1) is 15.8. The molecule has 0 fully saturated rings. The van der Waals surface area contributed by atoms with Gasteiger partial charge in [-0.3, -0.25) is 9.89 Å². The summed E-state index contributed by atoms with van der Waals surface area (Å²) in [7, 11) is 0. The maximum Gasteiger partial charge on any atom is 0.270 e. The molecule has 0 amide bonds. The molecule has 0 aliphatic rings. The van der Waals surface area contributed by atoms with Crippen molar-refractivity contribution in [3.63, 3.8) is 0 Å². The Morgan fingerprint density at radius 2 is 2.05 bits per heavy atom. The van der Waals surface area contributed by atoms with E-state index in [0.717, 1.165) is 5.69 Å². The molecule has 1 rings (SSSR count). The minimum Gasteiger partial charge on any atom is -0.299 e. The van der Waals surface area contributed by atoms with Crippen LogP contribution in [0.25, 0.3) is 0 Å². The summed E-state index contributed by atoms with van der Waals surface area (Å²) in [5.41, 5.74) is 1.81. The normalized spacial score (nSPS) is 12.0. The van der Waals surface area contributed by atoms with Crippen molar-refractivity contribution in [2.45, 2.75) is 52.5 Å². The third-order valence-electron chi connectivity index (χ3n) is 3.05. The van der Waals surface area contributed by atoms with Crippen molar-refractivity contribution in [2.24, 2.45) is 0 Å². The molecule has 1 heterocycles. The molecule has 1 aromatic heterocycles. The van der Waals surface area contributed by atoms with Crippen LogP contribution >= 0.6 is 0 Å². The summed E-state index contributed by atoms with van der Waals surface area (Å²) in [4.78, 5) is 12.4. The average molecular weight is 272 g/mol. The van der Waals surface area contributed by atoms with Crippen LogP contribution in [0, 0.1) is 22.7 Å². The molecule has 0 aromatic carbocycles. The van der Waals surface area contributed by atoms with Crippen LogP contribution in [0.3, 0.4) is 0 Å². The second-order valence-corrected chi connectivity index (χ2v) is 5.79. The molecule has 1 N–H and O–H groups in total. The van der Waals surface area contributed by atoms with Gasteiger partial charge in [0, 0.05) is 28.7 Å². The second-order valence-electron chi connectivity index (χ2n) is 5.79. The lowest BCUT2D eigenvalue weighted by Gasteiger charge is -2.18. The Labute approximate surface area is 119 Å². The van der Waals surface area contributed by atoms with Gasteiger partial charge < -0.3 is 0 Å². The largest absolute Gasteiger partial charge is 0.299 e. The van der Waals surface area contributed by atoms with Crippen LogP contribution in [0.15, 0.2) is 16.4 Å². The van der Waals surface area contributed by atoms with Crippen molar-refractivity contribution in [3.05, 3.63) is 33.3 Å². The molecule has 0 radical (unpaired) electrons. The SMILES string of the molecule is C/C(C#N)=C\Cn1[nH]c(C(C)(C)C)c(CCC#N)c1=O. The van der Waals surface area contributed by atoms with Crippen molar-refractivity contribution >= 4 is 0 Å². The molecule has 0 unspecified atom stereocenters. The highest BCUT2D eigenvalue weighted by atomic mass is 16.1. The Balaban J connectivity index is 3.24. The fraction of sp³-hybridized carbons (Fsp3) is 0.533. The first-order valence-corrected chi connectivity index (χ1v) is 6.57. The van der Waals surface area contributed by atoms with E-state index in [1.54, 1.807) is 13.0 Å². The van der Waals surface area contributed by atoms with E-state index >= 15 is 0 Å². The molecule has 0 saturated heterocycles. The van der Waals surface area contributed by atoms with Gasteiger partial charge in [-0.05, 0) is 19.4 Å². The molecule has 0 saturated carbocycles. The van der Waals surface area contributed by atoms with Crippen molar-refractivity contribution < 1.29 is 0 Å². The molecule has 5 heteroatoms. The van der Waals surface area contributed by atoms with E-state index in [1.165, 1.54) is 4.68 Å². The van der Waals surface area contributed by atoms with Gasteiger partial charge in [0.1, 0.15) is 0 Å². The van der Waals surface area contributed by atoms with Crippen molar-refractivity contribution in [3.8, 4) is 12.1 Å². The third kappa shape index (κ3) is 3.61. The van der Waals surface area contributed by atoms with Crippen molar-refractivity contribution in [1.29, 1.82) is 10.5 Å². The smallest absolute Gasteiger partial charge is 0.270 e. The monoisotopic (exact) mass is 272 g/mol. The van der Waals surface area contributed by atoms with Crippen LogP contribution in [-0.4, -0.2) is 9.78 Å². The molecule has 0 spiro atoms. The molecule has 0 aliphatic heterocycles. The molecule has 1 aromatic rings. The van der Waals surface area contributed by atoms with Gasteiger partial charge in [0.05, 0.1) is 18.7 Å². The molecule has 0 bridgehead atoms. The summed E-state index contributed by atoms with van der Waals surface area (Å²) >= 11 is 0. The molecule has 106 valence electrons. The number of rotatable bonds is 4. The van der Waals surface area contributed by atoms with Crippen LogP contribution in [-0.2, 0) is 18.4 Å². The van der Waals surface area contributed by atoms with Crippen LogP contribution in [0.4, 0.5) is 0 Å². The van der Waals surface area contributed by atoms with E-state index in [-0.39, 0.29) is 11.0 Å². The Bertz CT molecular complexity index is 641. The topological polar surface area (TPSA) is 85.4 Å². The minimum absolute atomic E-state index is 0.104. The molecule has 0 aliphatic carbocycles. The summed E-state index contributed by atoms with van der Waals surface area (Å²) in [5.74, 6) is 0. The van der Waals surface area contributed by atoms with E-state index in [1.807, 2.05) is 26.8 Å². The quantitative estimate of drug-likeness (QED) is 0.854. The lowest BCUT2D eigenvalue weighted by atomic mass is 9.88. The average Bonchev–Trinajstić information content (AvgIpc) is 2.70. The van der Waals surface area contributed by atoms with Crippen LogP contribution in [0.5, 0.6) is 0 Å².